The molecule has 6 nitrogen and oxygen atoms in total. The van der Waals surface area contributed by atoms with Gasteiger partial charge in [-0.25, -0.2) is 4.98 Å². The number of benzene rings is 1. The molecule has 2 aromatic heterocycles. The number of methoxy groups -OCH3 is 2. The van der Waals surface area contributed by atoms with Gasteiger partial charge < -0.3 is 19.4 Å². The predicted octanol–water partition coefficient (Wildman–Crippen LogP) is 1.71. The van der Waals surface area contributed by atoms with Gasteiger partial charge in [0.15, 0.2) is 17.3 Å². The number of nitrogens with zero attached hydrogens (tertiary/aromatic N) is 1. The molecule has 0 fully saturated rings. The Kier molecular flexibility index (Phi) is 4.88. The molecule has 0 amide bonds. The summed E-state index contributed by atoms with van der Waals surface area (Å²) >= 11 is 1.68. The molecular formula is C20H24N3O3S+. The SMILES string of the molecule is COc1cccc(C[NH+](C)Cc2nc3sc4c(c3c(=O)[nH]2)CCC4)c1OC. The molecule has 1 aliphatic rings. The number of para-hydroxylation sites is 1. The Hall–Kier alpha value is -2.38. The van der Waals surface area contributed by atoms with Crippen LogP contribution in [0.4, 0.5) is 0 Å². The van der Waals surface area contributed by atoms with Crippen LogP contribution in [0.1, 0.15) is 28.2 Å². The molecule has 0 saturated heterocycles. The van der Waals surface area contributed by atoms with Gasteiger partial charge >= 0.3 is 0 Å². The maximum Gasteiger partial charge on any atom is 0.260 e. The first kappa shape index (κ1) is 18.0. The molecule has 2 heterocycles. The van der Waals surface area contributed by atoms with E-state index in [0.717, 1.165) is 58.9 Å². The largest absolute Gasteiger partial charge is 0.493 e. The second kappa shape index (κ2) is 7.32. The summed E-state index contributed by atoms with van der Waals surface area (Å²) in [6.45, 7) is 1.37. The minimum Gasteiger partial charge on any atom is -0.493 e. The summed E-state index contributed by atoms with van der Waals surface area (Å²) in [5.41, 5.74) is 2.28. The highest BCUT2D eigenvalue weighted by molar-refractivity contribution is 7.18. The number of aromatic amines is 1. The van der Waals surface area contributed by atoms with Gasteiger partial charge in [-0.3, -0.25) is 4.79 Å². The molecule has 1 unspecified atom stereocenters. The molecule has 0 bridgehead atoms. The van der Waals surface area contributed by atoms with E-state index in [0.29, 0.717) is 6.54 Å². The predicted molar refractivity (Wildman–Crippen MR) is 106 cm³/mol. The summed E-state index contributed by atoms with van der Waals surface area (Å²) in [4.78, 5) is 23.8. The fourth-order valence-electron chi connectivity index (χ4n) is 3.90. The molecule has 0 radical (unpaired) electrons. The first-order chi connectivity index (χ1) is 13.1. The molecule has 27 heavy (non-hydrogen) atoms. The zero-order valence-corrected chi connectivity index (χ0v) is 16.7. The van der Waals surface area contributed by atoms with E-state index < -0.39 is 0 Å². The zero-order valence-electron chi connectivity index (χ0n) is 15.8. The van der Waals surface area contributed by atoms with Gasteiger partial charge in [0, 0.05) is 4.88 Å². The van der Waals surface area contributed by atoms with E-state index in [9.17, 15) is 4.79 Å². The number of hydrogen-bond acceptors (Lipinski definition) is 5. The average Bonchev–Trinajstić information content (AvgIpc) is 3.21. The summed E-state index contributed by atoms with van der Waals surface area (Å²) < 4.78 is 10.9. The number of H-pyrrole nitrogens is 1. The molecule has 2 N–H and O–H groups in total. The monoisotopic (exact) mass is 386 g/mol. The highest BCUT2D eigenvalue weighted by Gasteiger charge is 2.22. The second-order valence-electron chi connectivity index (χ2n) is 7.01. The Morgan fingerprint density at radius 3 is 2.85 bits per heavy atom. The maximum atomic E-state index is 12.6. The van der Waals surface area contributed by atoms with E-state index in [1.54, 1.807) is 25.6 Å². The Morgan fingerprint density at radius 1 is 1.22 bits per heavy atom. The molecular weight excluding hydrogens is 362 g/mol. The lowest BCUT2D eigenvalue weighted by atomic mass is 10.1. The Morgan fingerprint density at radius 2 is 2.07 bits per heavy atom. The third-order valence-corrected chi connectivity index (χ3v) is 6.26. The summed E-state index contributed by atoms with van der Waals surface area (Å²) in [7, 11) is 5.37. The molecule has 7 heteroatoms. The molecule has 0 saturated carbocycles. The smallest absolute Gasteiger partial charge is 0.260 e. The van der Waals surface area contributed by atoms with Crippen molar-refractivity contribution in [1.82, 2.24) is 9.97 Å². The van der Waals surface area contributed by atoms with Crippen molar-refractivity contribution in [1.29, 1.82) is 0 Å². The summed E-state index contributed by atoms with van der Waals surface area (Å²) in [5, 5.41) is 0.809. The van der Waals surface area contributed by atoms with E-state index in [4.69, 9.17) is 14.5 Å². The lowest BCUT2D eigenvalue weighted by Gasteiger charge is -2.17. The number of aryl methyl sites for hydroxylation is 2. The number of rotatable bonds is 6. The highest BCUT2D eigenvalue weighted by atomic mass is 32.1. The van der Waals surface area contributed by atoms with Crippen molar-refractivity contribution in [2.24, 2.45) is 0 Å². The van der Waals surface area contributed by atoms with Gasteiger partial charge in [-0.1, -0.05) is 6.07 Å². The number of ether oxygens (including phenoxy) is 2. The van der Waals surface area contributed by atoms with Crippen LogP contribution >= 0.6 is 11.3 Å². The number of thiophene rings is 1. The normalized spacial score (nSPS) is 14.3. The topological polar surface area (TPSA) is 68.7 Å². The molecule has 0 spiro atoms. The maximum absolute atomic E-state index is 12.6. The summed E-state index contributed by atoms with van der Waals surface area (Å²) in [5.74, 6) is 2.21. The van der Waals surface area contributed by atoms with Crippen molar-refractivity contribution in [3.63, 3.8) is 0 Å². The van der Waals surface area contributed by atoms with Crippen LogP contribution in [0.15, 0.2) is 23.0 Å². The quantitative estimate of drug-likeness (QED) is 0.677. The Bertz CT molecular complexity index is 1040. The molecule has 142 valence electrons. The van der Waals surface area contributed by atoms with Gasteiger partial charge in [0.25, 0.3) is 5.56 Å². The summed E-state index contributed by atoms with van der Waals surface area (Å²) in [6.07, 6.45) is 3.22. The van der Waals surface area contributed by atoms with Crippen molar-refractivity contribution < 1.29 is 14.4 Å². The molecule has 1 aliphatic carbocycles. The minimum atomic E-state index is 0.00107. The molecule has 1 aromatic carbocycles. The zero-order chi connectivity index (χ0) is 19.0. The molecule has 0 aliphatic heterocycles. The van der Waals surface area contributed by atoms with Crippen molar-refractivity contribution in [3.8, 4) is 11.5 Å². The van der Waals surface area contributed by atoms with Crippen LogP contribution in [0.2, 0.25) is 0 Å². The standard InChI is InChI=1S/C20H23N3O3S/c1-23(10-12-6-4-8-14(25-2)18(12)26-3)11-16-21-19(24)17-13-7-5-9-15(13)27-20(17)22-16/h4,6,8H,5,7,9-11H2,1-3H3,(H,21,22,24)/p+1. The lowest BCUT2D eigenvalue weighted by Crippen LogP contribution is -3.06. The third kappa shape index (κ3) is 3.33. The van der Waals surface area contributed by atoms with Crippen LogP contribution in [-0.4, -0.2) is 31.2 Å². The van der Waals surface area contributed by atoms with E-state index >= 15 is 0 Å². The highest BCUT2D eigenvalue weighted by Crippen LogP contribution is 2.34. The van der Waals surface area contributed by atoms with Gasteiger partial charge in [-0.15, -0.1) is 11.3 Å². The minimum absolute atomic E-state index is 0.00107. The fraction of sp³-hybridized carbons (Fsp3) is 0.400. The molecule has 1 atom stereocenters. The first-order valence-electron chi connectivity index (χ1n) is 9.15. The van der Waals surface area contributed by atoms with Gasteiger partial charge in [-0.2, -0.15) is 0 Å². The van der Waals surface area contributed by atoms with Crippen LogP contribution < -0.4 is 19.9 Å². The summed E-state index contributed by atoms with van der Waals surface area (Å²) in [6, 6.07) is 5.89. The van der Waals surface area contributed by atoms with Crippen LogP contribution in [0.3, 0.4) is 0 Å². The van der Waals surface area contributed by atoms with Gasteiger partial charge in [0.05, 0.1) is 32.2 Å². The number of nitrogens with one attached hydrogen (secondary N) is 2. The van der Waals surface area contributed by atoms with Crippen LogP contribution in [0.25, 0.3) is 10.2 Å². The van der Waals surface area contributed by atoms with Crippen LogP contribution in [0.5, 0.6) is 11.5 Å². The van der Waals surface area contributed by atoms with Gasteiger partial charge in [-0.05, 0) is 37.0 Å². The van der Waals surface area contributed by atoms with Crippen LogP contribution in [0, 0.1) is 0 Å². The Labute approximate surface area is 161 Å². The second-order valence-corrected chi connectivity index (χ2v) is 8.10. The fourth-order valence-corrected chi connectivity index (χ4v) is 5.18. The van der Waals surface area contributed by atoms with Crippen molar-refractivity contribution in [2.75, 3.05) is 21.3 Å². The van der Waals surface area contributed by atoms with Crippen molar-refractivity contribution in [2.45, 2.75) is 32.4 Å². The van der Waals surface area contributed by atoms with Gasteiger partial charge in [0.1, 0.15) is 17.9 Å². The number of fused-ring (bicyclic) bond motifs is 3. The van der Waals surface area contributed by atoms with E-state index in [-0.39, 0.29) is 5.56 Å². The molecule has 3 aromatic rings. The van der Waals surface area contributed by atoms with E-state index in [2.05, 4.69) is 12.0 Å². The van der Waals surface area contributed by atoms with Crippen molar-refractivity contribution in [3.05, 3.63) is 50.4 Å². The lowest BCUT2D eigenvalue weighted by molar-refractivity contribution is -0.908. The number of quaternary nitrogens is 1. The first-order valence-corrected chi connectivity index (χ1v) is 9.97. The number of aromatic nitrogens is 2. The van der Waals surface area contributed by atoms with Crippen molar-refractivity contribution >= 4 is 21.6 Å². The van der Waals surface area contributed by atoms with Gasteiger partial charge in [0.2, 0.25) is 0 Å². The van der Waals surface area contributed by atoms with E-state index in [1.165, 1.54) is 15.3 Å². The third-order valence-electron chi connectivity index (χ3n) is 5.07. The van der Waals surface area contributed by atoms with E-state index in [1.807, 2.05) is 18.2 Å². The average molecular weight is 386 g/mol. The molecule has 4 rings (SSSR count). The Balaban J connectivity index is 1.57. The number of hydrogen-bond donors (Lipinski definition) is 2. The van der Waals surface area contributed by atoms with Crippen LogP contribution in [-0.2, 0) is 25.9 Å².